The molecule has 1 atom stereocenters. The van der Waals surface area contributed by atoms with E-state index < -0.39 is 0 Å². The van der Waals surface area contributed by atoms with Gasteiger partial charge in [0.1, 0.15) is 5.82 Å². The van der Waals surface area contributed by atoms with Gasteiger partial charge in [-0.1, -0.05) is 18.2 Å². The lowest BCUT2D eigenvalue weighted by atomic mass is 10.0. The Balaban J connectivity index is 1.34. The van der Waals surface area contributed by atoms with Crippen molar-refractivity contribution in [2.45, 2.75) is 45.6 Å². The number of pyridine rings is 1. The Labute approximate surface area is 187 Å². The summed E-state index contributed by atoms with van der Waals surface area (Å²) in [5.41, 5.74) is 4.64. The minimum absolute atomic E-state index is 0.00295. The molecule has 166 valence electrons. The molecule has 0 saturated carbocycles. The van der Waals surface area contributed by atoms with Crippen molar-refractivity contribution in [3.05, 3.63) is 82.7 Å². The van der Waals surface area contributed by atoms with Gasteiger partial charge in [-0.05, 0) is 68.5 Å². The standard InChI is InChI=1S/C25H28FN5O/c1-17-13-18(2)30-25(29-17)27-11-10-24(32)31-12-4-7-23(31)22-9-8-20(16-28-22)14-19-5-3-6-21(26)15-19/h3,5-6,8-9,13,15-16,23H,4,7,10-12,14H2,1-2H3,(H,27,29,30)/t23-/m0/s1. The summed E-state index contributed by atoms with van der Waals surface area (Å²) >= 11 is 0. The molecule has 1 aliphatic heterocycles. The number of carbonyl (C=O) groups excluding carboxylic acids is 1. The molecule has 3 heterocycles. The molecule has 1 aromatic carbocycles. The van der Waals surface area contributed by atoms with Crippen LogP contribution >= 0.6 is 0 Å². The molecule has 1 N–H and O–H groups in total. The van der Waals surface area contributed by atoms with Gasteiger partial charge in [-0.2, -0.15) is 0 Å². The van der Waals surface area contributed by atoms with Crippen molar-refractivity contribution in [1.82, 2.24) is 19.9 Å². The molecule has 0 aliphatic carbocycles. The lowest BCUT2D eigenvalue weighted by Gasteiger charge is -2.24. The predicted octanol–water partition coefficient (Wildman–Crippen LogP) is 4.38. The SMILES string of the molecule is Cc1cc(C)nc(NCCC(=O)N2CCC[C@H]2c2ccc(Cc3cccc(F)c3)cn2)n1. The smallest absolute Gasteiger partial charge is 0.224 e. The third-order valence-corrected chi connectivity index (χ3v) is 5.66. The van der Waals surface area contributed by atoms with Crippen LogP contribution in [0.3, 0.4) is 0 Å². The Hall–Kier alpha value is -3.35. The van der Waals surface area contributed by atoms with E-state index in [1.165, 1.54) is 6.07 Å². The van der Waals surface area contributed by atoms with Crippen molar-refractivity contribution in [2.75, 3.05) is 18.4 Å². The van der Waals surface area contributed by atoms with Gasteiger partial charge in [0.05, 0.1) is 11.7 Å². The summed E-state index contributed by atoms with van der Waals surface area (Å²) < 4.78 is 13.4. The zero-order chi connectivity index (χ0) is 22.5. The van der Waals surface area contributed by atoms with E-state index in [1.54, 1.807) is 12.1 Å². The number of aryl methyl sites for hydroxylation is 2. The fourth-order valence-electron chi connectivity index (χ4n) is 4.22. The summed E-state index contributed by atoms with van der Waals surface area (Å²) in [5, 5.41) is 3.16. The summed E-state index contributed by atoms with van der Waals surface area (Å²) in [6.07, 6.45) is 4.72. The van der Waals surface area contributed by atoms with Gasteiger partial charge in [0, 0.05) is 37.1 Å². The lowest BCUT2D eigenvalue weighted by Crippen LogP contribution is -2.32. The Morgan fingerprint density at radius 1 is 1.12 bits per heavy atom. The van der Waals surface area contributed by atoms with Crippen molar-refractivity contribution >= 4 is 11.9 Å². The van der Waals surface area contributed by atoms with E-state index in [1.807, 2.05) is 49.2 Å². The highest BCUT2D eigenvalue weighted by atomic mass is 19.1. The predicted molar refractivity (Wildman–Crippen MR) is 122 cm³/mol. The van der Waals surface area contributed by atoms with Crippen LogP contribution in [0.25, 0.3) is 0 Å². The molecule has 0 unspecified atom stereocenters. The first-order valence-corrected chi connectivity index (χ1v) is 11.0. The Morgan fingerprint density at radius 3 is 2.66 bits per heavy atom. The van der Waals surface area contributed by atoms with Crippen molar-refractivity contribution in [2.24, 2.45) is 0 Å². The number of aromatic nitrogens is 3. The number of carbonyl (C=O) groups is 1. The van der Waals surface area contributed by atoms with Crippen LogP contribution in [0.5, 0.6) is 0 Å². The van der Waals surface area contributed by atoms with Gasteiger partial charge in [0.2, 0.25) is 11.9 Å². The maximum absolute atomic E-state index is 13.4. The van der Waals surface area contributed by atoms with Gasteiger partial charge >= 0.3 is 0 Å². The van der Waals surface area contributed by atoms with Gasteiger partial charge in [0.15, 0.2) is 0 Å². The number of nitrogens with zero attached hydrogens (tertiary/aromatic N) is 4. The molecule has 1 fully saturated rings. The monoisotopic (exact) mass is 433 g/mol. The second-order valence-corrected chi connectivity index (χ2v) is 8.29. The number of hydrogen-bond acceptors (Lipinski definition) is 5. The average Bonchev–Trinajstić information content (AvgIpc) is 3.24. The summed E-state index contributed by atoms with van der Waals surface area (Å²) in [7, 11) is 0. The Morgan fingerprint density at radius 2 is 1.94 bits per heavy atom. The first kappa shape index (κ1) is 21.9. The summed E-state index contributed by atoms with van der Waals surface area (Å²) in [4.78, 5) is 28.2. The van der Waals surface area contributed by atoms with E-state index in [4.69, 9.17) is 0 Å². The highest BCUT2D eigenvalue weighted by molar-refractivity contribution is 5.77. The molecule has 2 aromatic heterocycles. The number of hydrogen-bond donors (Lipinski definition) is 1. The van der Waals surface area contributed by atoms with Gasteiger partial charge in [-0.25, -0.2) is 14.4 Å². The summed E-state index contributed by atoms with van der Waals surface area (Å²) in [6.45, 7) is 5.09. The quantitative estimate of drug-likeness (QED) is 0.599. The van der Waals surface area contributed by atoms with Gasteiger partial charge in [-0.15, -0.1) is 0 Å². The number of nitrogens with one attached hydrogen (secondary N) is 1. The van der Waals surface area contributed by atoms with Crippen LogP contribution in [0.15, 0.2) is 48.7 Å². The molecule has 1 amide bonds. The van der Waals surface area contributed by atoms with Crippen molar-refractivity contribution in [3.8, 4) is 0 Å². The maximum Gasteiger partial charge on any atom is 0.224 e. The number of likely N-dealkylation sites (tertiary alicyclic amines) is 1. The molecule has 32 heavy (non-hydrogen) atoms. The molecular weight excluding hydrogens is 405 g/mol. The van der Waals surface area contributed by atoms with Crippen LogP contribution in [0.2, 0.25) is 0 Å². The molecule has 0 bridgehead atoms. The second-order valence-electron chi connectivity index (χ2n) is 8.29. The summed E-state index contributed by atoms with van der Waals surface area (Å²) in [5.74, 6) is 0.435. The van der Waals surface area contributed by atoms with E-state index in [0.717, 1.165) is 47.6 Å². The molecule has 7 heteroatoms. The Kier molecular flexibility index (Phi) is 6.73. The third kappa shape index (κ3) is 5.46. The van der Waals surface area contributed by atoms with E-state index >= 15 is 0 Å². The first-order valence-electron chi connectivity index (χ1n) is 11.0. The van der Waals surface area contributed by atoms with Crippen LogP contribution < -0.4 is 5.32 Å². The zero-order valence-electron chi connectivity index (χ0n) is 18.5. The van der Waals surface area contributed by atoms with Crippen molar-refractivity contribution < 1.29 is 9.18 Å². The lowest BCUT2D eigenvalue weighted by molar-refractivity contribution is -0.131. The van der Waals surface area contributed by atoms with E-state index in [2.05, 4.69) is 20.3 Å². The number of anilines is 1. The van der Waals surface area contributed by atoms with Gasteiger partial charge in [-0.3, -0.25) is 9.78 Å². The second kappa shape index (κ2) is 9.85. The maximum atomic E-state index is 13.4. The van der Waals surface area contributed by atoms with Crippen LogP contribution in [0, 0.1) is 19.7 Å². The zero-order valence-corrected chi connectivity index (χ0v) is 18.5. The molecule has 4 rings (SSSR count). The van der Waals surface area contributed by atoms with Gasteiger partial charge in [0.25, 0.3) is 0 Å². The van der Waals surface area contributed by atoms with Crippen molar-refractivity contribution in [1.29, 1.82) is 0 Å². The third-order valence-electron chi connectivity index (χ3n) is 5.66. The normalized spacial score (nSPS) is 15.7. The largest absolute Gasteiger partial charge is 0.354 e. The minimum atomic E-state index is -0.231. The van der Waals surface area contributed by atoms with Crippen LogP contribution in [0.4, 0.5) is 10.3 Å². The van der Waals surface area contributed by atoms with E-state index in [-0.39, 0.29) is 17.8 Å². The highest BCUT2D eigenvalue weighted by Gasteiger charge is 2.30. The van der Waals surface area contributed by atoms with E-state index in [0.29, 0.717) is 25.3 Å². The minimum Gasteiger partial charge on any atom is -0.354 e. The topological polar surface area (TPSA) is 71.0 Å². The average molecular weight is 434 g/mol. The van der Waals surface area contributed by atoms with Crippen LogP contribution in [0.1, 0.15) is 53.5 Å². The summed E-state index contributed by atoms with van der Waals surface area (Å²) in [6, 6.07) is 12.6. The molecule has 3 aromatic rings. The molecule has 1 saturated heterocycles. The van der Waals surface area contributed by atoms with E-state index in [9.17, 15) is 9.18 Å². The Bertz CT molecular complexity index is 1070. The fraction of sp³-hybridized carbons (Fsp3) is 0.360. The first-order chi connectivity index (χ1) is 15.5. The van der Waals surface area contributed by atoms with Gasteiger partial charge < -0.3 is 10.2 Å². The fourth-order valence-corrected chi connectivity index (χ4v) is 4.22. The number of rotatable bonds is 7. The highest BCUT2D eigenvalue weighted by Crippen LogP contribution is 2.31. The van der Waals surface area contributed by atoms with Crippen LogP contribution in [-0.4, -0.2) is 38.8 Å². The molecular formula is C25H28FN5O. The number of benzene rings is 1. The van der Waals surface area contributed by atoms with Crippen molar-refractivity contribution in [3.63, 3.8) is 0 Å². The molecule has 1 aliphatic rings. The molecule has 6 nitrogen and oxygen atoms in total. The molecule has 0 radical (unpaired) electrons. The van der Waals surface area contributed by atoms with Crippen LogP contribution in [-0.2, 0) is 11.2 Å². The molecule has 0 spiro atoms. The number of amides is 1. The number of halogens is 1.